The number of nitrogens with one attached hydrogen (secondary N) is 1. The number of nitro benzene ring substituents is 1. The van der Waals surface area contributed by atoms with Gasteiger partial charge in [-0.15, -0.1) is 0 Å². The summed E-state index contributed by atoms with van der Waals surface area (Å²) in [5.74, 6) is -0.458. The van der Waals surface area contributed by atoms with Crippen molar-refractivity contribution >= 4 is 11.6 Å². The lowest BCUT2D eigenvalue weighted by molar-refractivity contribution is -0.386. The Morgan fingerprint density at radius 1 is 1.55 bits per heavy atom. The third-order valence-corrected chi connectivity index (χ3v) is 2.94. The number of carbonyl (C=O) groups excluding carboxylic acids is 1. The number of rotatable bonds is 7. The molecule has 1 rings (SSSR count). The molecule has 0 aliphatic heterocycles. The van der Waals surface area contributed by atoms with Gasteiger partial charge in [-0.1, -0.05) is 13.0 Å². The fourth-order valence-corrected chi connectivity index (χ4v) is 1.71. The van der Waals surface area contributed by atoms with Crippen molar-refractivity contribution in [2.75, 3.05) is 13.2 Å². The molecule has 7 heteroatoms. The molecule has 20 heavy (non-hydrogen) atoms. The second-order valence-corrected chi connectivity index (χ2v) is 4.74. The summed E-state index contributed by atoms with van der Waals surface area (Å²) in [4.78, 5) is 21.9. The number of benzene rings is 1. The minimum absolute atomic E-state index is 0.0833. The van der Waals surface area contributed by atoms with Crippen LogP contribution in [0.3, 0.4) is 0 Å². The number of amides is 1. The first-order valence-electron chi connectivity index (χ1n) is 6.23. The van der Waals surface area contributed by atoms with E-state index >= 15 is 0 Å². The molecule has 0 aliphatic rings. The van der Waals surface area contributed by atoms with Crippen molar-refractivity contribution in [2.24, 2.45) is 5.73 Å². The Balaban J connectivity index is 2.94. The van der Waals surface area contributed by atoms with Gasteiger partial charge in [-0.3, -0.25) is 14.9 Å². The maximum Gasteiger partial charge on any atom is 0.311 e. The number of nitrogens with zero attached hydrogens (tertiary/aromatic N) is 1. The third-order valence-electron chi connectivity index (χ3n) is 2.94. The van der Waals surface area contributed by atoms with E-state index in [0.29, 0.717) is 6.54 Å². The predicted molar refractivity (Wildman–Crippen MR) is 74.6 cm³/mol. The Bertz CT molecular complexity index is 518. The first-order valence-corrected chi connectivity index (χ1v) is 6.23. The van der Waals surface area contributed by atoms with Crippen LogP contribution in [0.4, 0.5) is 5.69 Å². The Morgan fingerprint density at radius 2 is 2.20 bits per heavy atom. The van der Waals surface area contributed by atoms with Gasteiger partial charge in [-0.25, -0.2) is 0 Å². The molecular formula is C13H19N3O4. The second-order valence-electron chi connectivity index (χ2n) is 4.74. The number of hydrogen-bond acceptors (Lipinski definition) is 5. The molecule has 7 nitrogen and oxygen atoms in total. The zero-order chi connectivity index (χ0) is 15.3. The smallest absolute Gasteiger partial charge is 0.311 e. The minimum atomic E-state index is -1.08. The lowest BCUT2D eigenvalue weighted by atomic mass is 10.0. The van der Waals surface area contributed by atoms with Crippen molar-refractivity contribution in [2.45, 2.75) is 26.3 Å². The number of nitrogens with two attached hydrogens (primary N) is 1. The van der Waals surface area contributed by atoms with Crippen LogP contribution >= 0.6 is 0 Å². The highest BCUT2D eigenvalue weighted by molar-refractivity contribution is 5.84. The van der Waals surface area contributed by atoms with Crippen LogP contribution in [-0.2, 0) is 4.79 Å². The number of aryl methyl sites for hydroxylation is 1. The number of hydrogen-bond donors (Lipinski definition) is 2. The number of ether oxygens (including phenoxy) is 1. The third kappa shape index (κ3) is 3.67. The first kappa shape index (κ1) is 15.9. The molecule has 0 spiro atoms. The van der Waals surface area contributed by atoms with Crippen LogP contribution in [0.5, 0.6) is 5.75 Å². The molecule has 0 aliphatic carbocycles. The Hall–Kier alpha value is -2.15. The SMILES string of the molecule is CCNC(C)(COc1ccc(C)cc1[N+](=O)[O-])C(N)=O. The van der Waals surface area contributed by atoms with Crippen LogP contribution in [0.1, 0.15) is 19.4 Å². The minimum Gasteiger partial charge on any atom is -0.484 e. The van der Waals surface area contributed by atoms with Crippen molar-refractivity contribution in [3.8, 4) is 5.75 Å². The van der Waals surface area contributed by atoms with Crippen molar-refractivity contribution in [1.82, 2.24) is 5.32 Å². The van der Waals surface area contributed by atoms with E-state index in [9.17, 15) is 14.9 Å². The van der Waals surface area contributed by atoms with Gasteiger partial charge in [0.1, 0.15) is 12.1 Å². The largest absolute Gasteiger partial charge is 0.484 e. The maximum atomic E-state index is 11.5. The summed E-state index contributed by atoms with van der Waals surface area (Å²) in [6.07, 6.45) is 0. The molecule has 0 saturated heterocycles. The van der Waals surface area contributed by atoms with E-state index in [0.717, 1.165) is 5.56 Å². The highest BCUT2D eigenvalue weighted by Gasteiger charge is 2.32. The summed E-state index contributed by atoms with van der Waals surface area (Å²) in [5.41, 5.74) is 4.88. The molecule has 1 aromatic carbocycles. The number of likely N-dealkylation sites (N-methyl/N-ethyl adjacent to an activating group) is 1. The van der Waals surface area contributed by atoms with Gasteiger partial charge < -0.3 is 15.8 Å². The molecule has 1 aromatic rings. The van der Waals surface area contributed by atoms with E-state index in [1.165, 1.54) is 12.1 Å². The Kier molecular flexibility index (Phi) is 5.04. The van der Waals surface area contributed by atoms with Gasteiger partial charge in [0.05, 0.1) is 4.92 Å². The van der Waals surface area contributed by atoms with Crippen LogP contribution in [0.2, 0.25) is 0 Å². The number of carbonyl (C=O) groups is 1. The summed E-state index contributed by atoms with van der Waals surface area (Å²) in [5, 5.41) is 13.9. The van der Waals surface area contributed by atoms with E-state index in [1.807, 2.05) is 6.92 Å². The molecule has 1 unspecified atom stereocenters. The zero-order valence-electron chi connectivity index (χ0n) is 11.8. The quantitative estimate of drug-likeness (QED) is 0.575. The van der Waals surface area contributed by atoms with Gasteiger partial charge in [0.15, 0.2) is 5.75 Å². The summed E-state index contributed by atoms with van der Waals surface area (Å²) in [6, 6.07) is 4.64. The molecule has 0 bridgehead atoms. The van der Waals surface area contributed by atoms with E-state index in [2.05, 4.69) is 5.32 Å². The molecule has 3 N–H and O–H groups in total. The van der Waals surface area contributed by atoms with Crippen LogP contribution < -0.4 is 15.8 Å². The van der Waals surface area contributed by atoms with Gasteiger partial charge in [0, 0.05) is 6.07 Å². The molecule has 0 heterocycles. The van der Waals surface area contributed by atoms with Gasteiger partial charge in [-0.2, -0.15) is 0 Å². The van der Waals surface area contributed by atoms with Crippen LogP contribution in [0.25, 0.3) is 0 Å². The molecule has 110 valence electrons. The standard InChI is InChI=1S/C13H19N3O4/c1-4-15-13(3,12(14)17)8-20-11-6-5-9(2)7-10(11)16(18)19/h5-7,15H,4,8H2,1-3H3,(H2,14,17). The van der Waals surface area contributed by atoms with Crippen molar-refractivity contribution in [3.63, 3.8) is 0 Å². The average Bonchev–Trinajstić information content (AvgIpc) is 2.37. The van der Waals surface area contributed by atoms with Crippen molar-refractivity contribution in [3.05, 3.63) is 33.9 Å². The van der Waals surface area contributed by atoms with Crippen LogP contribution in [-0.4, -0.2) is 29.5 Å². The van der Waals surface area contributed by atoms with Crippen LogP contribution in [0, 0.1) is 17.0 Å². The predicted octanol–water partition coefficient (Wildman–Crippen LogP) is 1.14. The fraction of sp³-hybridized carbons (Fsp3) is 0.462. The van der Waals surface area contributed by atoms with E-state index in [-0.39, 0.29) is 18.0 Å². The highest BCUT2D eigenvalue weighted by Crippen LogP contribution is 2.28. The Labute approximate surface area is 117 Å². The normalized spacial score (nSPS) is 13.6. The second kappa shape index (κ2) is 6.33. The van der Waals surface area contributed by atoms with Gasteiger partial charge in [-0.05, 0) is 32.0 Å². The van der Waals surface area contributed by atoms with E-state index in [4.69, 9.17) is 10.5 Å². The lowest BCUT2D eigenvalue weighted by Gasteiger charge is -2.26. The van der Waals surface area contributed by atoms with Gasteiger partial charge in [0.2, 0.25) is 5.91 Å². The molecule has 0 aromatic heterocycles. The van der Waals surface area contributed by atoms with Gasteiger partial charge in [0.25, 0.3) is 0 Å². The maximum absolute atomic E-state index is 11.5. The topological polar surface area (TPSA) is 107 Å². The monoisotopic (exact) mass is 281 g/mol. The van der Waals surface area contributed by atoms with Crippen molar-refractivity contribution in [1.29, 1.82) is 0 Å². The first-order chi connectivity index (χ1) is 9.30. The molecule has 1 amide bonds. The summed E-state index contributed by atoms with van der Waals surface area (Å²) in [6.45, 7) is 5.62. The molecular weight excluding hydrogens is 262 g/mol. The van der Waals surface area contributed by atoms with Crippen molar-refractivity contribution < 1.29 is 14.5 Å². The molecule has 0 radical (unpaired) electrons. The average molecular weight is 281 g/mol. The zero-order valence-corrected chi connectivity index (χ0v) is 11.8. The lowest BCUT2D eigenvalue weighted by Crippen LogP contribution is -2.57. The molecule has 0 saturated carbocycles. The summed E-state index contributed by atoms with van der Waals surface area (Å²) in [7, 11) is 0. The van der Waals surface area contributed by atoms with Crippen LogP contribution in [0.15, 0.2) is 18.2 Å². The van der Waals surface area contributed by atoms with E-state index < -0.39 is 16.4 Å². The van der Waals surface area contributed by atoms with E-state index in [1.54, 1.807) is 19.9 Å². The number of nitro groups is 1. The molecule has 1 atom stereocenters. The summed E-state index contributed by atoms with van der Waals surface area (Å²) < 4.78 is 5.43. The summed E-state index contributed by atoms with van der Waals surface area (Å²) >= 11 is 0. The Morgan fingerprint density at radius 3 is 2.70 bits per heavy atom. The van der Waals surface area contributed by atoms with Gasteiger partial charge >= 0.3 is 5.69 Å². The highest BCUT2D eigenvalue weighted by atomic mass is 16.6. The fourth-order valence-electron chi connectivity index (χ4n) is 1.71. The molecule has 0 fully saturated rings. The number of primary amides is 1.